The molecule has 1 unspecified atom stereocenters. The van der Waals surface area contributed by atoms with Gasteiger partial charge in [-0.05, 0) is 42.7 Å². The lowest BCUT2D eigenvalue weighted by Crippen LogP contribution is -2.34. The maximum Gasteiger partial charge on any atom is 0.221 e. The van der Waals surface area contributed by atoms with Gasteiger partial charge in [-0.2, -0.15) is 11.8 Å². The number of hydrogen-bond donors (Lipinski definition) is 2. The van der Waals surface area contributed by atoms with Crippen molar-refractivity contribution in [2.75, 3.05) is 30.9 Å². The summed E-state index contributed by atoms with van der Waals surface area (Å²) in [7, 11) is 0. The zero-order valence-corrected chi connectivity index (χ0v) is 14.9. The summed E-state index contributed by atoms with van der Waals surface area (Å²) in [6, 6.07) is 8.44. The first-order valence-electron chi connectivity index (χ1n) is 8.36. The molecule has 0 radical (unpaired) electrons. The predicted octanol–water partition coefficient (Wildman–Crippen LogP) is 2.65. The van der Waals surface area contributed by atoms with E-state index in [4.69, 9.17) is 0 Å². The lowest BCUT2D eigenvalue weighted by Gasteiger charge is -2.33. The second-order valence-corrected chi connectivity index (χ2v) is 7.58. The number of thioether (sulfide) groups is 1. The molecule has 1 heterocycles. The normalized spacial score (nSPS) is 17.1. The highest BCUT2D eigenvalue weighted by molar-refractivity contribution is 7.99. The van der Waals surface area contributed by atoms with E-state index in [-0.39, 0.29) is 5.91 Å². The Morgan fingerprint density at radius 3 is 2.57 bits per heavy atom. The van der Waals surface area contributed by atoms with Gasteiger partial charge in [0.2, 0.25) is 5.91 Å². The maximum atomic E-state index is 11.8. The Kier molecular flexibility index (Phi) is 7.24. The van der Waals surface area contributed by atoms with Crippen LogP contribution in [0.5, 0.6) is 0 Å². The molecule has 1 aliphatic rings. The van der Waals surface area contributed by atoms with Crippen LogP contribution in [-0.2, 0) is 11.3 Å². The van der Waals surface area contributed by atoms with Crippen LogP contribution in [0.3, 0.4) is 0 Å². The first-order chi connectivity index (χ1) is 11.1. The van der Waals surface area contributed by atoms with Crippen LogP contribution in [0.2, 0.25) is 0 Å². The van der Waals surface area contributed by atoms with Crippen LogP contribution in [0.1, 0.15) is 31.7 Å². The molecule has 0 spiro atoms. The van der Waals surface area contributed by atoms with E-state index in [1.54, 1.807) is 11.8 Å². The highest BCUT2D eigenvalue weighted by Gasteiger charge is 2.18. The Bertz CT molecular complexity index is 484. The van der Waals surface area contributed by atoms with Crippen molar-refractivity contribution in [1.82, 2.24) is 5.32 Å². The molecule has 4 nitrogen and oxygen atoms in total. The van der Waals surface area contributed by atoms with E-state index in [0.29, 0.717) is 30.7 Å². The van der Waals surface area contributed by atoms with E-state index in [0.717, 1.165) is 31.5 Å². The molecule has 1 atom stereocenters. The molecule has 1 saturated heterocycles. The number of rotatable bonds is 7. The van der Waals surface area contributed by atoms with Crippen LogP contribution in [-0.4, -0.2) is 42.2 Å². The number of hydrogen-bond acceptors (Lipinski definition) is 4. The molecule has 0 saturated carbocycles. The van der Waals surface area contributed by atoms with E-state index < -0.39 is 0 Å². The molecule has 128 valence electrons. The summed E-state index contributed by atoms with van der Waals surface area (Å²) < 4.78 is 0. The summed E-state index contributed by atoms with van der Waals surface area (Å²) in [5.41, 5.74) is 2.36. The molecular formula is C18H28N2O2S. The number of piperidine rings is 1. The Labute approximate surface area is 143 Å². The van der Waals surface area contributed by atoms with Crippen molar-refractivity contribution < 1.29 is 9.90 Å². The zero-order chi connectivity index (χ0) is 16.7. The van der Waals surface area contributed by atoms with Crippen molar-refractivity contribution >= 4 is 23.4 Å². The average Bonchev–Trinajstić information content (AvgIpc) is 2.60. The molecule has 0 bridgehead atoms. The maximum absolute atomic E-state index is 11.8. The third-order valence-electron chi connectivity index (χ3n) is 4.54. The third-order valence-corrected chi connectivity index (χ3v) is 5.51. The van der Waals surface area contributed by atoms with Gasteiger partial charge >= 0.3 is 0 Å². The van der Waals surface area contributed by atoms with Crippen molar-refractivity contribution in [2.45, 2.75) is 38.0 Å². The second-order valence-electron chi connectivity index (χ2n) is 6.31. The topological polar surface area (TPSA) is 52.6 Å². The number of carbonyl (C=O) groups is 1. The first kappa shape index (κ1) is 18.1. The van der Waals surface area contributed by atoms with E-state index in [2.05, 4.69) is 41.4 Å². The van der Waals surface area contributed by atoms with Gasteiger partial charge in [0.1, 0.15) is 0 Å². The average molecular weight is 337 g/mol. The number of aliphatic hydroxyl groups is 1. The van der Waals surface area contributed by atoms with Crippen molar-refractivity contribution in [3.05, 3.63) is 29.8 Å². The number of nitrogens with one attached hydrogen (secondary N) is 1. The summed E-state index contributed by atoms with van der Waals surface area (Å²) in [4.78, 5) is 14.2. The monoisotopic (exact) mass is 336 g/mol. The zero-order valence-electron chi connectivity index (χ0n) is 14.1. The van der Waals surface area contributed by atoms with Crippen LogP contribution >= 0.6 is 11.8 Å². The number of carbonyl (C=O) groups excluding carboxylic acids is 1. The van der Waals surface area contributed by atoms with E-state index >= 15 is 0 Å². The highest BCUT2D eigenvalue weighted by atomic mass is 32.2. The fourth-order valence-electron chi connectivity index (χ4n) is 2.82. The minimum Gasteiger partial charge on any atom is -0.396 e. The number of nitrogens with zero attached hydrogens (tertiary/aromatic N) is 1. The molecule has 5 heteroatoms. The first-order valence-corrected chi connectivity index (χ1v) is 9.65. The summed E-state index contributed by atoms with van der Waals surface area (Å²) in [6.07, 6.45) is 4.71. The van der Waals surface area contributed by atoms with Crippen LogP contribution in [0.4, 0.5) is 5.69 Å². The molecule has 0 aliphatic carbocycles. The van der Waals surface area contributed by atoms with Crippen molar-refractivity contribution in [3.8, 4) is 0 Å². The Balaban J connectivity index is 1.79. The molecular weight excluding hydrogens is 308 g/mol. The summed E-state index contributed by atoms with van der Waals surface area (Å²) >= 11 is 1.71. The number of anilines is 1. The van der Waals surface area contributed by atoms with Crippen molar-refractivity contribution in [1.29, 1.82) is 0 Å². The van der Waals surface area contributed by atoms with Gasteiger partial charge in [-0.1, -0.05) is 19.1 Å². The van der Waals surface area contributed by atoms with Crippen molar-refractivity contribution in [3.63, 3.8) is 0 Å². The third kappa shape index (κ3) is 5.74. The van der Waals surface area contributed by atoms with Gasteiger partial charge in [-0.25, -0.2) is 0 Å². The van der Waals surface area contributed by atoms with Crippen LogP contribution < -0.4 is 10.2 Å². The minimum absolute atomic E-state index is 0.113. The Morgan fingerprint density at radius 2 is 2.00 bits per heavy atom. The molecule has 1 aliphatic heterocycles. The summed E-state index contributed by atoms with van der Waals surface area (Å²) in [5, 5.41) is 12.5. The van der Waals surface area contributed by atoms with Crippen LogP contribution in [0.15, 0.2) is 24.3 Å². The van der Waals surface area contributed by atoms with E-state index in [9.17, 15) is 9.90 Å². The fraction of sp³-hybridized carbons (Fsp3) is 0.611. The minimum atomic E-state index is 0.113. The number of amides is 1. The van der Waals surface area contributed by atoms with E-state index in [1.165, 1.54) is 5.69 Å². The smallest absolute Gasteiger partial charge is 0.221 e. The predicted molar refractivity (Wildman–Crippen MR) is 97.9 cm³/mol. The molecule has 1 amide bonds. The fourth-order valence-corrected chi connectivity index (χ4v) is 3.13. The van der Waals surface area contributed by atoms with Gasteiger partial charge in [0.15, 0.2) is 0 Å². The summed E-state index contributed by atoms with van der Waals surface area (Å²) in [5.74, 6) is 0.575. The second kappa shape index (κ2) is 9.18. The largest absolute Gasteiger partial charge is 0.396 e. The molecule has 1 fully saturated rings. The molecule has 1 aromatic carbocycles. The van der Waals surface area contributed by atoms with Crippen molar-refractivity contribution in [2.24, 2.45) is 5.92 Å². The van der Waals surface area contributed by atoms with Gasteiger partial charge < -0.3 is 15.3 Å². The standard InChI is InChI=1S/C18H28N2O2S/c1-14(23-2)11-18(22)19-12-15-3-5-17(6-4-15)20-9-7-16(13-21)8-10-20/h3-6,14,16,21H,7-13H2,1-2H3,(H,19,22). The quantitative estimate of drug-likeness (QED) is 0.804. The SMILES string of the molecule is CSC(C)CC(=O)NCc1ccc(N2CCC(CO)CC2)cc1. The molecule has 23 heavy (non-hydrogen) atoms. The molecule has 2 rings (SSSR count). The van der Waals surface area contributed by atoms with Crippen LogP contribution in [0.25, 0.3) is 0 Å². The Hall–Kier alpha value is -1.20. The lowest BCUT2D eigenvalue weighted by molar-refractivity contribution is -0.121. The summed E-state index contributed by atoms with van der Waals surface area (Å²) in [6.45, 7) is 4.98. The number of benzene rings is 1. The molecule has 2 N–H and O–H groups in total. The van der Waals surface area contributed by atoms with Gasteiger partial charge in [-0.15, -0.1) is 0 Å². The number of aliphatic hydroxyl groups excluding tert-OH is 1. The van der Waals surface area contributed by atoms with E-state index in [1.807, 2.05) is 6.26 Å². The van der Waals surface area contributed by atoms with Crippen LogP contribution in [0, 0.1) is 5.92 Å². The van der Waals surface area contributed by atoms with Gasteiger partial charge in [0.25, 0.3) is 0 Å². The highest BCUT2D eigenvalue weighted by Crippen LogP contribution is 2.23. The van der Waals surface area contributed by atoms with Gasteiger partial charge in [0, 0.05) is 43.6 Å². The van der Waals surface area contributed by atoms with Gasteiger partial charge in [0.05, 0.1) is 0 Å². The Morgan fingerprint density at radius 1 is 1.35 bits per heavy atom. The molecule has 0 aromatic heterocycles. The van der Waals surface area contributed by atoms with Gasteiger partial charge in [-0.3, -0.25) is 4.79 Å². The molecule has 1 aromatic rings. The lowest BCUT2D eigenvalue weighted by atomic mass is 9.97.